The van der Waals surface area contributed by atoms with Crippen molar-refractivity contribution in [2.24, 2.45) is 0 Å². The van der Waals surface area contributed by atoms with E-state index in [1.54, 1.807) is 0 Å². The van der Waals surface area contributed by atoms with E-state index < -0.39 is 6.10 Å². The molecule has 0 aromatic rings. The molecule has 0 fully saturated rings. The SMILES string of the molecule is CCC/C=C\C/C=C\CCCCCCCC(=O)OCC(COC(=O)CCCCCCCCCCCCC)OC(=O)CCCCCCCCCCCCCC. The van der Waals surface area contributed by atoms with E-state index in [1.807, 2.05) is 0 Å². The number of hydrogen-bond acceptors (Lipinski definition) is 6. The second-order valence-corrected chi connectivity index (χ2v) is 15.7. The number of ether oxygens (including phenoxy) is 3. The number of rotatable bonds is 42. The van der Waals surface area contributed by atoms with Gasteiger partial charge in [-0.25, -0.2) is 0 Å². The molecular formula is C48H88O6. The summed E-state index contributed by atoms with van der Waals surface area (Å²) in [4.78, 5) is 37.7. The smallest absolute Gasteiger partial charge is 0.306 e. The van der Waals surface area contributed by atoms with Crippen molar-refractivity contribution in [3.05, 3.63) is 24.3 Å². The summed E-state index contributed by atoms with van der Waals surface area (Å²) in [5.41, 5.74) is 0. The lowest BCUT2D eigenvalue weighted by molar-refractivity contribution is -0.167. The molecule has 0 saturated carbocycles. The Balaban J connectivity index is 4.37. The van der Waals surface area contributed by atoms with E-state index in [0.29, 0.717) is 19.3 Å². The molecule has 0 aromatic heterocycles. The average molecular weight is 761 g/mol. The van der Waals surface area contributed by atoms with Gasteiger partial charge in [0.1, 0.15) is 13.2 Å². The summed E-state index contributed by atoms with van der Waals surface area (Å²) in [5.74, 6) is -0.880. The molecule has 0 N–H and O–H groups in total. The Hall–Kier alpha value is -2.11. The molecule has 0 bridgehead atoms. The molecule has 0 spiro atoms. The molecule has 0 aromatic carbocycles. The van der Waals surface area contributed by atoms with Crippen LogP contribution in [-0.2, 0) is 28.6 Å². The van der Waals surface area contributed by atoms with Gasteiger partial charge in [0.05, 0.1) is 0 Å². The van der Waals surface area contributed by atoms with Gasteiger partial charge in [0.25, 0.3) is 0 Å². The van der Waals surface area contributed by atoms with Gasteiger partial charge in [0, 0.05) is 19.3 Å². The van der Waals surface area contributed by atoms with E-state index in [2.05, 4.69) is 45.1 Å². The Morgan fingerprint density at radius 1 is 0.370 bits per heavy atom. The third kappa shape index (κ3) is 41.1. The Bertz CT molecular complexity index is 880. The van der Waals surface area contributed by atoms with E-state index in [9.17, 15) is 14.4 Å². The molecule has 1 atom stereocenters. The van der Waals surface area contributed by atoms with Crippen LogP contribution in [0.25, 0.3) is 0 Å². The Morgan fingerprint density at radius 3 is 1.09 bits per heavy atom. The van der Waals surface area contributed by atoms with Gasteiger partial charge in [-0.1, -0.05) is 206 Å². The molecule has 0 aliphatic rings. The van der Waals surface area contributed by atoms with Crippen LogP contribution in [0.3, 0.4) is 0 Å². The lowest BCUT2D eigenvalue weighted by atomic mass is 10.0. The van der Waals surface area contributed by atoms with Crippen LogP contribution in [0.4, 0.5) is 0 Å². The summed E-state index contributed by atoms with van der Waals surface area (Å²) in [6.07, 6.45) is 47.2. The summed E-state index contributed by atoms with van der Waals surface area (Å²) in [6.45, 7) is 6.56. The molecule has 0 radical (unpaired) electrons. The zero-order chi connectivity index (χ0) is 39.4. The van der Waals surface area contributed by atoms with E-state index >= 15 is 0 Å². The topological polar surface area (TPSA) is 78.9 Å². The lowest BCUT2D eigenvalue weighted by Crippen LogP contribution is -2.30. The molecule has 1 unspecified atom stereocenters. The van der Waals surface area contributed by atoms with Crippen LogP contribution in [0, 0.1) is 0 Å². The van der Waals surface area contributed by atoms with Crippen LogP contribution < -0.4 is 0 Å². The van der Waals surface area contributed by atoms with Gasteiger partial charge >= 0.3 is 17.9 Å². The molecular weight excluding hydrogens is 673 g/mol. The van der Waals surface area contributed by atoms with Gasteiger partial charge in [0.15, 0.2) is 6.10 Å². The molecule has 316 valence electrons. The van der Waals surface area contributed by atoms with Crippen LogP contribution >= 0.6 is 0 Å². The number of esters is 3. The monoisotopic (exact) mass is 761 g/mol. The second kappa shape index (κ2) is 43.6. The highest BCUT2D eigenvalue weighted by atomic mass is 16.6. The van der Waals surface area contributed by atoms with Crippen molar-refractivity contribution in [3.63, 3.8) is 0 Å². The molecule has 0 aliphatic heterocycles. The van der Waals surface area contributed by atoms with E-state index in [-0.39, 0.29) is 31.1 Å². The van der Waals surface area contributed by atoms with Crippen molar-refractivity contribution in [3.8, 4) is 0 Å². The van der Waals surface area contributed by atoms with Crippen molar-refractivity contribution < 1.29 is 28.6 Å². The highest BCUT2D eigenvalue weighted by Crippen LogP contribution is 2.15. The minimum Gasteiger partial charge on any atom is -0.462 e. The first kappa shape index (κ1) is 51.9. The molecule has 6 heteroatoms. The summed E-state index contributed by atoms with van der Waals surface area (Å²) in [5, 5.41) is 0. The maximum atomic E-state index is 12.7. The van der Waals surface area contributed by atoms with Crippen LogP contribution in [-0.4, -0.2) is 37.2 Å². The first-order chi connectivity index (χ1) is 26.5. The molecule has 6 nitrogen and oxygen atoms in total. The van der Waals surface area contributed by atoms with Crippen molar-refractivity contribution in [1.82, 2.24) is 0 Å². The van der Waals surface area contributed by atoms with E-state index in [0.717, 1.165) is 83.5 Å². The second-order valence-electron chi connectivity index (χ2n) is 15.7. The largest absolute Gasteiger partial charge is 0.462 e. The fourth-order valence-electron chi connectivity index (χ4n) is 6.66. The Kier molecular flexibility index (Phi) is 41.9. The minimum absolute atomic E-state index is 0.0716. The fraction of sp³-hybridized carbons (Fsp3) is 0.854. The van der Waals surface area contributed by atoms with Gasteiger partial charge in [-0.05, 0) is 44.9 Å². The van der Waals surface area contributed by atoms with Gasteiger partial charge in [-0.15, -0.1) is 0 Å². The zero-order valence-corrected chi connectivity index (χ0v) is 36.0. The van der Waals surface area contributed by atoms with Crippen LogP contribution in [0.1, 0.15) is 245 Å². The molecule has 0 saturated heterocycles. The van der Waals surface area contributed by atoms with Crippen LogP contribution in [0.15, 0.2) is 24.3 Å². The molecule has 0 amide bonds. The number of allylic oxidation sites excluding steroid dienone is 4. The molecule has 0 heterocycles. The summed E-state index contributed by atoms with van der Waals surface area (Å²) in [7, 11) is 0. The molecule has 54 heavy (non-hydrogen) atoms. The predicted molar refractivity (Wildman–Crippen MR) is 229 cm³/mol. The predicted octanol–water partition coefficient (Wildman–Crippen LogP) is 14.8. The summed E-state index contributed by atoms with van der Waals surface area (Å²) < 4.78 is 16.7. The summed E-state index contributed by atoms with van der Waals surface area (Å²) in [6, 6.07) is 0. The molecule has 0 aliphatic carbocycles. The molecule has 0 rings (SSSR count). The van der Waals surface area contributed by atoms with E-state index in [4.69, 9.17) is 14.2 Å². The van der Waals surface area contributed by atoms with Gasteiger partial charge in [-0.2, -0.15) is 0 Å². The third-order valence-corrected chi connectivity index (χ3v) is 10.2. The van der Waals surface area contributed by atoms with E-state index in [1.165, 1.54) is 122 Å². The van der Waals surface area contributed by atoms with Crippen molar-refractivity contribution in [2.45, 2.75) is 252 Å². The average Bonchev–Trinajstić information content (AvgIpc) is 3.17. The quantitative estimate of drug-likeness (QED) is 0.0267. The standard InChI is InChI=1S/C48H88O6/c1-4-7-10-13-16-19-22-24-27-29-32-35-38-41-47(50)53-44-45(43-52-46(49)40-37-34-31-28-25-21-18-15-12-9-6-3)54-48(51)42-39-36-33-30-26-23-20-17-14-11-8-5-2/h10,13,19,22,45H,4-9,11-12,14-18,20-21,23-44H2,1-3H3/b13-10-,22-19-. The maximum absolute atomic E-state index is 12.7. The van der Waals surface area contributed by atoms with Gasteiger partial charge in [-0.3, -0.25) is 14.4 Å². The summed E-state index contributed by atoms with van der Waals surface area (Å²) >= 11 is 0. The normalized spacial score (nSPS) is 12.1. The number of hydrogen-bond donors (Lipinski definition) is 0. The highest BCUT2D eigenvalue weighted by Gasteiger charge is 2.19. The Labute approximate surface area is 334 Å². The number of carbonyl (C=O) groups excluding carboxylic acids is 3. The van der Waals surface area contributed by atoms with Crippen molar-refractivity contribution in [1.29, 1.82) is 0 Å². The van der Waals surface area contributed by atoms with Crippen LogP contribution in [0.5, 0.6) is 0 Å². The first-order valence-corrected chi connectivity index (χ1v) is 23.3. The number of unbranched alkanes of at least 4 members (excludes halogenated alkanes) is 27. The first-order valence-electron chi connectivity index (χ1n) is 23.3. The Morgan fingerprint density at radius 2 is 0.704 bits per heavy atom. The fourth-order valence-corrected chi connectivity index (χ4v) is 6.66. The number of carbonyl (C=O) groups is 3. The zero-order valence-electron chi connectivity index (χ0n) is 36.0. The van der Waals surface area contributed by atoms with Crippen LogP contribution in [0.2, 0.25) is 0 Å². The minimum atomic E-state index is -0.768. The van der Waals surface area contributed by atoms with Gasteiger partial charge in [0.2, 0.25) is 0 Å². The van der Waals surface area contributed by atoms with Crippen molar-refractivity contribution in [2.75, 3.05) is 13.2 Å². The lowest BCUT2D eigenvalue weighted by Gasteiger charge is -2.18. The van der Waals surface area contributed by atoms with Crippen molar-refractivity contribution >= 4 is 17.9 Å². The highest BCUT2D eigenvalue weighted by molar-refractivity contribution is 5.71. The third-order valence-electron chi connectivity index (χ3n) is 10.2. The van der Waals surface area contributed by atoms with Gasteiger partial charge < -0.3 is 14.2 Å². The maximum Gasteiger partial charge on any atom is 0.306 e.